The maximum absolute atomic E-state index is 11.9. The Morgan fingerprint density at radius 3 is 2.74 bits per heavy atom. The average Bonchev–Trinajstić information content (AvgIpc) is 2.40. The number of amides is 1. The Morgan fingerprint density at radius 2 is 2.05 bits per heavy atom. The van der Waals surface area contributed by atoms with Crippen molar-refractivity contribution < 1.29 is 9.90 Å². The molecule has 0 atom stereocenters. The summed E-state index contributed by atoms with van der Waals surface area (Å²) >= 11 is 1.86. The van der Waals surface area contributed by atoms with Crippen LogP contribution in [0.1, 0.15) is 24.0 Å². The van der Waals surface area contributed by atoms with Gasteiger partial charge in [0.25, 0.3) is 0 Å². The van der Waals surface area contributed by atoms with Gasteiger partial charge in [-0.15, -0.1) is 0 Å². The van der Waals surface area contributed by atoms with Crippen LogP contribution in [0.2, 0.25) is 0 Å². The highest BCUT2D eigenvalue weighted by atomic mass is 32.2. The molecule has 3 nitrogen and oxygen atoms in total. The van der Waals surface area contributed by atoms with Crippen molar-refractivity contribution in [3.8, 4) is 0 Å². The Morgan fingerprint density at radius 1 is 1.37 bits per heavy atom. The van der Waals surface area contributed by atoms with E-state index in [-0.39, 0.29) is 5.91 Å². The molecule has 19 heavy (non-hydrogen) atoms. The van der Waals surface area contributed by atoms with E-state index in [1.807, 2.05) is 43.0 Å². The van der Waals surface area contributed by atoms with Crippen LogP contribution in [0.3, 0.4) is 0 Å². The summed E-state index contributed by atoms with van der Waals surface area (Å²) in [6, 6.07) is 7.90. The van der Waals surface area contributed by atoms with Crippen molar-refractivity contribution in [2.75, 3.05) is 18.1 Å². The molecule has 1 fully saturated rings. The summed E-state index contributed by atoms with van der Waals surface area (Å²) in [6.07, 6.45) is 1.92. The monoisotopic (exact) mass is 279 g/mol. The molecule has 4 heteroatoms. The van der Waals surface area contributed by atoms with E-state index >= 15 is 0 Å². The second kappa shape index (κ2) is 6.44. The standard InChI is InChI=1S/C15H21NO2S/c1-12-4-2-3-5-13(12)10-14(17)16-11-15(18)6-8-19-9-7-15/h2-5,18H,6-11H2,1H3,(H,16,17). The Bertz CT molecular complexity index is 442. The molecule has 0 saturated carbocycles. The first-order valence-electron chi connectivity index (χ1n) is 6.70. The fourth-order valence-corrected chi connectivity index (χ4v) is 3.49. The molecule has 1 heterocycles. The molecule has 0 aliphatic carbocycles. The van der Waals surface area contributed by atoms with Gasteiger partial charge in [-0.2, -0.15) is 11.8 Å². The molecule has 0 radical (unpaired) electrons. The number of aryl methyl sites for hydroxylation is 1. The van der Waals surface area contributed by atoms with Crippen molar-refractivity contribution >= 4 is 17.7 Å². The molecule has 1 aliphatic rings. The smallest absolute Gasteiger partial charge is 0.224 e. The predicted octanol–water partition coefficient (Wildman–Crippen LogP) is 1.91. The summed E-state index contributed by atoms with van der Waals surface area (Å²) in [4.78, 5) is 11.9. The van der Waals surface area contributed by atoms with E-state index in [0.29, 0.717) is 13.0 Å². The van der Waals surface area contributed by atoms with Gasteiger partial charge in [-0.05, 0) is 42.4 Å². The number of benzene rings is 1. The summed E-state index contributed by atoms with van der Waals surface area (Å²) in [5, 5.41) is 13.2. The first kappa shape index (κ1) is 14.4. The third kappa shape index (κ3) is 4.25. The second-order valence-electron chi connectivity index (χ2n) is 5.22. The van der Waals surface area contributed by atoms with Crippen LogP contribution in [-0.2, 0) is 11.2 Å². The molecular weight excluding hydrogens is 258 g/mol. The van der Waals surface area contributed by atoms with Crippen molar-refractivity contribution in [3.05, 3.63) is 35.4 Å². The van der Waals surface area contributed by atoms with E-state index < -0.39 is 5.60 Å². The first-order valence-corrected chi connectivity index (χ1v) is 7.86. The molecule has 1 saturated heterocycles. The topological polar surface area (TPSA) is 49.3 Å². The number of thioether (sulfide) groups is 1. The van der Waals surface area contributed by atoms with E-state index in [0.717, 1.165) is 35.5 Å². The van der Waals surface area contributed by atoms with E-state index in [4.69, 9.17) is 0 Å². The molecule has 1 amide bonds. The molecule has 0 spiro atoms. The zero-order chi connectivity index (χ0) is 13.7. The molecular formula is C15H21NO2S. The zero-order valence-electron chi connectivity index (χ0n) is 11.3. The lowest BCUT2D eigenvalue weighted by Crippen LogP contribution is -2.45. The van der Waals surface area contributed by atoms with Crippen molar-refractivity contribution in [1.29, 1.82) is 0 Å². The normalized spacial score (nSPS) is 18.0. The number of hydrogen-bond acceptors (Lipinski definition) is 3. The van der Waals surface area contributed by atoms with E-state index in [1.54, 1.807) is 0 Å². The van der Waals surface area contributed by atoms with Crippen LogP contribution in [0.5, 0.6) is 0 Å². The van der Waals surface area contributed by atoms with Crippen LogP contribution in [0.15, 0.2) is 24.3 Å². The van der Waals surface area contributed by atoms with Crippen LogP contribution in [0.25, 0.3) is 0 Å². The Kier molecular flexibility index (Phi) is 4.88. The Labute approximate surface area is 118 Å². The lowest BCUT2D eigenvalue weighted by Gasteiger charge is -2.31. The number of carbonyl (C=O) groups excluding carboxylic acids is 1. The highest BCUT2D eigenvalue weighted by molar-refractivity contribution is 7.99. The minimum atomic E-state index is -0.702. The predicted molar refractivity (Wildman–Crippen MR) is 79.4 cm³/mol. The van der Waals surface area contributed by atoms with Crippen molar-refractivity contribution in [3.63, 3.8) is 0 Å². The highest BCUT2D eigenvalue weighted by Gasteiger charge is 2.29. The quantitative estimate of drug-likeness (QED) is 0.885. The minimum absolute atomic E-state index is 0.0130. The largest absolute Gasteiger partial charge is 0.388 e. The molecule has 1 aromatic carbocycles. The average molecular weight is 279 g/mol. The molecule has 0 unspecified atom stereocenters. The lowest BCUT2D eigenvalue weighted by atomic mass is 9.96. The molecule has 104 valence electrons. The minimum Gasteiger partial charge on any atom is -0.388 e. The lowest BCUT2D eigenvalue weighted by molar-refractivity contribution is -0.121. The van der Waals surface area contributed by atoms with Crippen LogP contribution in [-0.4, -0.2) is 34.7 Å². The van der Waals surface area contributed by atoms with Crippen molar-refractivity contribution in [2.45, 2.75) is 31.8 Å². The summed E-state index contributed by atoms with van der Waals surface area (Å²) in [6.45, 7) is 2.38. The molecule has 2 rings (SSSR count). The van der Waals surface area contributed by atoms with Crippen LogP contribution in [0, 0.1) is 6.92 Å². The Hall–Kier alpha value is -1.00. The Balaban J connectivity index is 1.83. The third-order valence-corrected chi connectivity index (χ3v) is 4.64. The van der Waals surface area contributed by atoms with Gasteiger partial charge in [0.2, 0.25) is 5.91 Å². The van der Waals surface area contributed by atoms with Crippen LogP contribution in [0.4, 0.5) is 0 Å². The van der Waals surface area contributed by atoms with Gasteiger partial charge < -0.3 is 10.4 Å². The van der Waals surface area contributed by atoms with Gasteiger partial charge in [0.15, 0.2) is 0 Å². The van der Waals surface area contributed by atoms with Gasteiger partial charge in [-0.1, -0.05) is 24.3 Å². The highest BCUT2D eigenvalue weighted by Crippen LogP contribution is 2.26. The van der Waals surface area contributed by atoms with E-state index in [2.05, 4.69) is 5.32 Å². The van der Waals surface area contributed by atoms with E-state index in [9.17, 15) is 9.90 Å². The molecule has 0 aromatic heterocycles. The fraction of sp³-hybridized carbons (Fsp3) is 0.533. The maximum Gasteiger partial charge on any atom is 0.224 e. The maximum atomic E-state index is 11.9. The number of rotatable bonds is 4. The summed E-state index contributed by atoms with van der Waals surface area (Å²) in [5.74, 6) is 1.94. The molecule has 1 aliphatic heterocycles. The van der Waals surface area contributed by atoms with Crippen LogP contribution < -0.4 is 5.32 Å². The number of hydrogen-bond donors (Lipinski definition) is 2. The van der Waals surface area contributed by atoms with E-state index in [1.165, 1.54) is 0 Å². The second-order valence-corrected chi connectivity index (χ2v) is 6.44. The van der Waals surface area contributed by atoms with Gasteiger partial charge in [-0.3, -0.25) is 4.79 Å². The van der Waals surface area contributed by atoms with Crippen molar-refractivity contribution in [2.24, 2.45) is 0 Å². The fourth-order valence-electron chi connectivity index (χ4n) is 2.24. The summed E-state index contributed by atoms with van der Waals surface area (Å²) in [5.41, 5.74) is 1.48. The van der Waals surface area contributed by atoms with Gasteiger partial charge in [0, 0.05) is 6.54 Å². The number of nitrogens with one attached hydrogen (secondary N) is 1. The molecule has 2 N–H and O–H groups in total. The zero-order valence-corrected chi connectivity index (χ0v) is 12.1. The number of aliphatic hydroxyl groups is 1. The first-order chi connectivity index (χ1) is 9.09. The van der Waals surface area contributed by atoms with Crippen molar-refractivity contribution in [1.82, 2.24) is 5.32 Å². The number of carbonyl (C=O) groups is 1. The van der Waals surface area contributed by atoms with Crippen LogP contribution >= 0.6 is 11.8 Å². The summed E-state index contributed by atoms with van der Waals surface area (Å²) < 4.78 is 0. The summed E-state index contributed by atoms with van der Waals surface area (Å²) in [7, 11) is 0. The molecule has 1 aromatic rings. The molecule has 0 bridgehead atoms. The third-order valence-electron chi connectivity index (χ3n) is 3.65. The van der Waals surface area contributed by atoms with Gasteiger partial charge in [0.05, 0.1) is 12.0 Å². The SMILES string of the molecule is Cc1ccccc1CC(=O)NCC1(O)CCSCC1. The van der Waals surface area contributed by atoms with Gasteiger partial charge in [0.1, 0.15) is 0 Å². The van der Waals surface area contributed by atoms with Gasteiger partial charge >= 0.3 is 0 Å². The van der Waals surface area contributed by atoms with Gasteiger partial charge in [-0.25, -0.2) is 0 Å².